The molecule has 1 aromatic heterocycles. The SMILES string of the molecule is CCC#CN.c1ccc2[nH]ccc2c1. The fraction of sp³-hybridized carbons (Fsp3) is 0.167. The van der Waals surface area contributed by atoms with Crippen LogP contribution in [-0.4, -0.2) is 4.98 Å². The third-order valence-corrected chi connectivity index (χ3v) is 1.74. The highest BCUT2D eigenvalue weighted by Gasteiger charge is 1.86. The zero-order valence-electron chi connectivity index (χ0n) is 8.25. The van der Waals surface area contributed by atoms with Crippen LogP contribution >= 0.6 is 0 Å². The molecule has 0 aliphatic heterocycles. The van der Waals surface area contributed by atoms with E-state index in [4.69, 9.17) is 5.73 Å². The fourth-order valence-corrected chi connectivity index (χ4v) is 1.10. The van der Waals surface area contributed by atoms with Gasteiger partial charge in [-0.2, -0.15) is 0 Å². The highest BCUT2D eigenvalue weighted by Crippen LogP contribution is 2.09. The third-order valence-electron chi connectivity index (χ3n) is 1.74. The van der Waals surface area contributed by atoms with Crippen molar-refractivity contribution in [1.82, 2.24) is 4.98 Å². The summed E-state index contributed by atoms with van der Waals surface area (Å²) < 4.78 is 0. The van der Waals surface area contributed by atoms with E-state index in [1.54, 1.807) is 0 Å². The Labute approximate surface area is 84.1 Å². The van der Waals surface area contributed by atoms with Crippen molar-refractivity contribution in [1.29, 1.82) is 0 Å². The van der Waals surface area contributed by atoms with Gasteiger partial charge in [0.2, 0.25) is 0 Å². The highest BCUT2D eigenvalue weighted by atomic mass is 14.6. The predicted octanol–water partition coefficient (Wildman–Crippen LogP) is 2.48. The van der Waals surface area contributed by atoms with Gasteiger partial charge >= 0.3 is 0 Å². The molecule has 72 valence electrons. The molecule has 0 saturated carbocycles. The van der Waals surface area contributed by atoms with Crippen LogP contribution in [0.25, 0.3) is 10.9 Å². The van der Waals surface area contributed by atoms with Crippen LogP contribution < -0.4 is 5.73 Å². The van der Waals surface area contributed by atoms with Crippen LogP contribution in [0.1, 0.15) is 13.3 Å². The summed E-state index contributed by atoms with van der Waals surface area (Å²) in [6.45, 7) is 1.96. The van der Waals surface area contributed by atoms with Gasteiger partial charge in [0.25, 0.3) is 0 Å². The van der Waals surface area contributed by atoms with Crippen molar-refractivity contribution in [2.24, 2.45) is 5.73 Å². The molecule has 0 atom stereocenters. The van der Waals surface area contributed by atoms with Gasteiger partial charge in [0.05, 0.1) is 0 Å². The normalized spacial score (nSPS) is 8.36. The van der Waals surface area contributed by atoms with Crippen molar-refractivity contribution >= 4 is 10.9 Å². The number of rotatable bonds is 0. The largest absolute Gasteiger partial charge is 0.361 e. The molecule has 0 spiro atoms. The molecular weight excluding hydrogens is 172 g/mol. The number of fused-ring (bicyclic) bond motifs is 1. The quantitative estimate of drug-likeness (QED) is 0.481. The van der Waals surface area contributed by atoms with E-state index in [0.29, 0.717) is 0 Å². The molecule has 2 aromatic rings. The number of hydrogen-bond acceptors (Lipinski definition) is 1. The number of nitrogens with two attached hydrogens (primary N) is 1. The molecule has 0 fully saturated rings. The monoisotopic (exact) mass is 186 g/mol. The number of para-hydroxylation sites is 1. The van der Waals surface area contributed by atoms with Crippen LogP contribution in [0.2, 0.25) is 0 Å². The van der Waals surface area contributed by atoms with Crippen molar-refractivity contribution < 1.29 is 0 Å². The summed E-state index contributed by atoms with van der Waals surface area (Å²) in [6.07, 6.45) is 2.81. The minimum atomic E-state index is 0.858. The number of nitrogens with one attached hydrogen (secondary N) is 1. The van der Waals surface area contributed by atoms with E-state index >= 15 is 0 Å². The van der Waals surface area contributed by atoms with E-state index in [0.717, 1.165) is 6.42 Å². The van der Waals surface area contributed by atoms with E-state index in [9.17, 15) is 0 Å². The first-order valence-electron chi connectivity index (χ1n) is 4.59. The molecule has 0 bridgehead atoms. The van der Waals surface area contributed by atoms with Gasteiger partial charge in [-0.25, -0.2) is 0 Å². The maximum atomic E-state index is 4.78. The minimum absolute atomic E-state index is 0.858. The Balaban J connectivity index is 0.000000171. The molecular formula is C12H14N2. The van der Waals surface area contributed by atoms with Crippen molar-refractivity contribution in [3.05, 3.63) is 36.5 Å². The maximum Gasteiger partial charge on any atom is 0.0453 e. The zero-order chi connectivity index (χ0) is 10.2. The average molecular weight is 186 g/mol. The number of aromatic amines is 1. The average Bonchev–Trinajstić information content (AvgIpc) is 2.67. The summed E-state index contributed by atoms with van der Waals surface area (Å²) in [5, 5.41) is 1.28. The maximum absolute atomic E-state index is 4.78. The Morgan fingerprint density at radius 1 is 1.29 bits per heavy atom. The summed E-state index contributed by atoms with van der Waals surface area (Å²) >= 11 is 0. The first-order chi connectivity index (χ1) is 6.88. The van der Waals surface area contributed by atoms with E-state index in [1.807, 2.05) is 25.3 Å². The molecule has 0 radical (unpaired) electrons. The topological polar surface area (TPSA) is 41.8 Å². The Bertz CT molecular complexity index is 402. The Morgan fingerprint density at radius 2 is 2.07 bits per heavy atom. The second-order valence-electron chi connectivity index (χ2n) is 2.74. The molecule has 2 heteroatoms. The van der Waals surface area contributed by atoms with Crippen LogP contribution in [0.5, 0.6) is 0 Å². The van der Waals surface area contributed by atoms with E-state index in [1.165, 1.54) is 10.9 Å². The van der Waals surface area contributed by atoms with Crippen LogP contribution in [0.3, 0.4) is 0 Å². The molecule has 0 aliphatic rings. The van der Waals surface area contributed by atoms with E-state index in [2.05, 4.69) is 35.1 Å². The van der Waals surface area contributed by atoms with Crippen LogP contribution in [0, 0.1) is 12.0 Å². The summed E-state index contributed by atoms with van der Waals surface area (Å²) in [7, 11) is 0. The molecule has 0 saturated heterocycles. The van der Waals surface area contributed by atoms with Crippen molar-refractivity contribution in [3.8, 4) is 12.0 Å². The molecule has 14 heavy (non-hydrogen) atoms. The van der Waals surface area contributed by atoms with Crippen LogP contribution in [0.15, 0.2) is 36.5 Å². The molecule has 1 aromatic carbocycles. The number of hydrogen-bond donors (Lipinski definition) is 2. The molecule has 1 heterocycles. The van der Waals surface area contributed by atoms with Crippen molar-refractivity contribution in [3.63, 3.8) is 0 Å². The second kappa shape index (κ2) is 5.71. The van der Waals surface area contributed by atoms with Gasteiger partial charge in [0, 0.05) is 24.2 Å². The lowest BCUT2D eigenvalue weighted by Crippen LogP contribution is -1.73. The van der Waals surface area contributed by atoms with E-state index < -0.39 is 0 Å². The molecule has 2 nitrogen and oxygen atoms in total. The van der Waals surface area contributed by atoms with E-state index in [-0.39, 0.29) is 0 Å². The first kappa shape index (κ1) is 10.2. The zero-order valence-corrected chi connectivity index (χ0v) is 8.25. The summed E-state index contributed by atoms with van der Waals surface area (Å²) in [6, 6.07) is 12.6. The van der Waals surface area contributed by atoms with Gasteiger partial charge in [-0.15, -0.1) is 0 Å². The van der Waals surface area contributed by atoms with Gasteiger partial charge in [0.15, 0.2) is 0 Å². The second-order valence-corrected chi connectivity index (χ2v) is 2.74. The molecule has 0 unspecified atom stereocenters. The summed E-state index contributed by atoms with van der Waals surface area (Å²) in [5.41, 5.74) is 5.98. The first-order valence-corrected chi connectivity index (χ1v) is 4.59. The molecule has 0 amide bonds. The number of H-pyrrole nitrogens is 1. The number of benzene rings is 1. The lowest BCUT2D eigenvalue weighted by atomic mass is 10.3. The molecule has 2 rings (SSSR count). The Hall–Kier alpha value is -1.88. The van der Waals surface area contributed by atoms with Crippen molar-refractivity contribution in [2.75, 3.05) is 0 Å². The fourth-order valence-electron chi connectivity index (χ4n) is 1.10. The Morgan fingerprint density at radius 3 is 2.64 bits per heavy atom. The number of aromatic nitrogens is 1. The van der Waals surface area contributed by atoms with Gasteiger partial charge in [-0.05, 0) is 17.5 Å². The van der Waals surface area contributed by atoms with Crippen LogP contribution in [0.4, 0.5) is 0 Å². The molecule has 3 N–H and O–H groups in total. The van der Waals surface area contributed by atoms with Crippen molar-refractivity contribution in [2.45, 2.75) is 13.3 Å². The lowest BCUT2D eigenvalue weighted by molar-refractivity contribution is 1.27. The highest BCUT2D eigenvalue weighted by molar-refractivity contribution is 5.78. The predicted molar refractivity (Wildman–Crippen MR) is 60.6 cm³/mol. The van der Waals surface area contributed by atoms with Gasteiger partial charge in [-0.1, -0.05) is 31.0 Å². The summed E-state index contributed by atoms with van der Waals surface area (Å²) in [4.78, 5) is 3.12. The lowest BCUT2D eigenvalue weighted by Gasteiger charge is -1.83. The van der Waals surface area contributed by atoms with Crippen LogP contribution in [-0.2, 0) is 0 Å². The summed E-state index contributed by atoms with van der Waals surface area (Å²) in [5.74, 6) is 2.64. The minimum Gasteiger partial charge on any atom is -0.361 e. The van der Waals surface area contributed by atoms with Gasteiger partial charge in [0.1, 0.15) is 0 Å². The Kier molecular flexibility index (Phi) is 4.16. The standard InChI is InChI=1S/C8H7N.C4H7N/c1-2-4-8-7(3-1)5-6-9-8;1-2-3-4-5/h1-6,9H;2,5H2,1H3. The third kappa shape index (κ3) is 2.87. The van der Waals surface area contributed by atoms with Gasteiger partial charge in [-0.3, -0.25) is 0 Å². The smallest absolute Gasteiger partial charge is 0.0453 e. The molecule has 0 aliphatic carbocycles. The van der Waals surface area contributed by atoms with Gasteiger partial charge < -0.3 is 10.7 Å².